The van der Waals surface area contributed by atoms with E-state index in [2.05, 4.69) is 5.32 Å². The predicted molar refractivity (Wildman–Crippen MR) is 53.0 cm³/mol. The van der Waals surface area contributed by atoms with E-state index in [4.69, 9.17) is 5.11 Å². The van der Waals surface area contributed by atoms with Gasteiger partial charge in [-0.05, 0) is 25.1 Å². The summed E-state index contributed by atoms with van der Waals surface area (Å²) in [7, 11) is 0. The van der Waals surface area contributed by atoms with E-state index in [9.17, 15) is 22.8 Å². The van der Waals surface area contributed by atoms with Crippen molar-refractivity contribution < 1.29 is 27.9 Å². The van der Waals surface area contributed by atoms with Gasteiger partial charge in [0.25, 0.3) is 0 Å². The number of rotatable bonds is 6. The average Bonchev–Trinajstić information content (AvgIpc) is 2.10. The van der Waals surface area contributed by atoms with E-state index in [1.165, 1.54) is 0 Å². The number of carbonyl (C=O) groups is 2. The number of alkyl halides is 3. The zero-order valence-corrected chi connectivity index (χ0v) is 9.32. The summed E-state index contributed by atoms with van der Waals surface area (Å²) in [6.45, 7) is 1.54. The van der Waals surface area contributed by atoms with Gasteiger partial charge >= 0.3 is 11.5 Å². The molecule has 0 saturated carbocycles. The molecule has 2 N–H and O–H groups in total. The normalized spacial score (nSPS) is 13.2. The summed E-state index contributed by atoms with van der Waals surface area (Å²) in [5.74, 6) is -2.47. The highest BCUT2D eigenvalue weighted by Gasteiger charge is 2.29. The van der Waals surface area contributed by atoms with E-state index in [0.717, 1.165) is 0 Å². The van der Waals surface area contributed by atoms with Crippen molar-refractivity contribution in [3.63, 3.8) is 0 Å². The molecule has 0 aliphatic rings. The molecule has 0 aromatic heterocycles. The van der Waals surface area contributed by atoms with Crippen molar-refractivity contribution in [2.45, 2.75) is 31.3 Å². The molecule has 0 fully saturated rings. The van der Waals surface area contributed by atoms with Gasteiger partial charge < -0.3 is 10.4 Å². The first kappa shape index (κ1) is 15.1. The summed E-state index contributed by atoms with van der Waals surface area (Å²) in [5.41, 5.74) is -4.43. The van der Waals surface area contributed by atoms with Crippen LogP contribution in [0.5, 0.6) is 0 Å². The van der Waals surface area contributed by atoms with Crippen LogP contribution >= 0.6 is 11.8 Å². The number of halogens is 3. The Morgan fingerprint density at radius 3 is 2.44 bits per heavy atom. The number of amides is 1. The molecular weight excluding hydrogens is 247 g/mol. The molecule has 1 unspecified atom stereocenters. The Balaban J connectivity index is 3.74. The minimum Gasteiger partial charge on any atom is -0.481 e. The molecule has 0 aromatic carbocycles. The molecule has 0 aromatic rings. The van der Waals surface area contributed by atoms with Crippen molar-refractivity contribution in [2.24, 2.45) is 0 Å². The number of carboxylic acids is 1. The van der Waals surface area contributed by atoms with Gasteiger partial charge in [-0.25, -0.2) is 0 Å². The van der Waals surface area contributed by atoms with E-state index in [0.29, 0.717) is 0 Å². The predicted octanol–water partition coefficient (Wildman–Crippen LogP) is 1.61. The molecule has 0 aliphatic heterocycles. The van der Waals surface area contributed by atoms with Crippen LogP contribution in [0.3, 0.4) is 0 Å². The standard InChI is InChI=1S/C8H12F3NO3S/c1-5(2-3-7(14)15)12-6(13)4-16-8(9,10)11/h5H,2-4H2,1H3,(H,12,13)(H,14,15). The van der Waals surface area contributed by atoms with Crippen LogP contribution in [0.1, 0.15) is 19.8 Å². The van der Waals surface area contributed by atoms with Gasteiger partial charge in [0.15, 0.2) is 0 Å². The maximum Gasteiger partial charge on any atom is 0.442 e. The lowest BCUT2D eigenvalue weighted by molar-refractivity contribution is -0.137. The molecule has 1 atom stereocenters. The quantitative estimate of drug-likeness (QED) is 0.760. The summed E-state index contributed by atoms with van der Waals surface area (Å²) < 4.78 is 35.1. The number of aliphatic carboxylic acids is 1. The number of carbonyl (C=O) groups excluding carboxylic acids is 1. The molecule has 0 aliphatic carbocycles. The Labute approximate surface area is 94.6 Å². The minimum atomic E-state index is -4.43. The molecule has 0 spiro atoms. The van der Waals surface area contributed by atoms with Gasteiger partial charge in [-0.1, -0.05) is 0 Å². The Bertz CT molecular complexity index is 257. The molecule has 4 nitrogen and oxygen atoms in total. The fourth-order valence-electron chi connectivity index (χ4n) is 0.876. The topological polar surface area (TPSA) is 66.4 Å². The van der Waals surface area contributed by atoms with Gasteiger partial charge in [0, 0.05) is 12.5 Å². The largest absolute Gasteiger partial charge is 0.481 e. The van der Waals surface area contributed by atoms with Crippen LogP contribution in [0.15, 0.2) is 0 Å². The SMILES string of the molecule is CC(CCC(=O)O)NC(=O)CSC(F)(F)F. The molecule has 0 radical (unpaired) electrons. The monoisotopic (exact) mass is 259 g/mol. The molecule has 16 heavy (non-hydrogen) atoms. The number of nitrogens with one attached hydrogen (secondary N) is 1. The summed E-state index contributed by atoms with van der Waals surface area (Å²) in [5, 5.41) is 10.6. The third-order valence-corrected chi connectivity index (χ3v) is 2.30. The number of hydrogen-bond acceptors (Lipinski definition) is 3. The van der Waals surface area contributed by atoms with Gasteiger partial charge in [-0.15, -0.1) is 0 Å². The smallest absolute Gasteiger partial charge is 0.442 e. The average molecular weight is 259 g/mol. The fourth-order valence-corrected chi connectivity index (χ4v) is 1.25. The second kappa shape index (κ2) is 6.62. The van der Waals surface area contributed by atoms with Crippen molar-refractivity contribution in [2.75, 3.05) is 5.75 Å². The van der Waals surface area contributed by atoms with E-state index in [1.807, 2.05) is 0 Å². The van der Waals surface area contributed by atoms with Crippen LogP contribution in [-0.2, 0) is 9.59 Å². The first-order valence-corrected chi connectivity index (χ1v) is 5.41. The van der Waals surface area contributed by atoms with Crippen molar-refractivity contribution in [3.05, 3.63) is 0 Å². The van der Waals surface area contributed by atoms with Crippen molar-refractivity contribution in [1.29, 1.82) is 0 Å². The lowest BCUT2D eigenvalue weighted by Crippen LogP contribution is -2.34. The van der Waals surface area contributed by atoms with Crippen molar-refractivity contribution in [3.8, 4) is 0 Å². The van der Waals surface area contributed by atoms with Crippen molar-refractivity contribution >= 4 is 23.6 Å². The van der Waals surface area contributed by atoms with Crippen LogP contribution in [0.2, 0.25) is 0 Å². The summed E-state index contributed by atoms with van der Waals surface area (Å²) in [6.07, 6.45) is 0.0611. The molecule has 0 bridgehead atoms. The highest BCUT2D eigenvalue weighted by Crippen LogP contribution is 2.29. The lowest BCUT2D eigenvalue weighted by atomic mass is 10.2. The zero-order chi connectivity index (χ0) is 12.8. The summed E-state index contributed by atoms with van der Waals surface area (Å²) in [4.78, 5) is 21.1. The molecule has 8 heteroatoms. The third kappa shape index (κ3) is 9.63. The van der Waals surface area contributed by atoms with Gasteiger partial charge in [0.2, 0.25) is 5.91 Å². The van der Waals surface area contributed by atoms with Gasteiger partial charge in [0.1, 0.15) is 0 Å². The number of hydrogen-bond donors (Lipinski definition) is 2. The Kier molecular flexibility index (Phi) is 6.24. The van der Waals surface area contributed by atoms with Crippen LogP contribution in [0.4, 0.5) is 13.2 Å². The highest BCUT2D eigenvalue weighted by atomic mass is 32.2. The molecular formula is C8H12F3NO3S. The molecule has 1 amide bonds. The van der Waals surface area contributed by atoms with Crippen LogP contribution < -0.4 is 5.32 Å². The van der Waals surface area contributed by atoms with Gasteiger partial charge in [-0.3, -0.25) is 9.59 Å². The molecule has 0 rings (SSSR count). The maximum atomic E-state index is 11.7. The fraction of sp³-hybridized carbons (Fsp3) is 0.750. The first-order chi connectivity index (χ1) is 7.20. The van der Waals surface area contributed by atoms with Crippen molar-refractivity contribution in [1.82, 2.24) is 5.32 Å². The zero-order valence-electron chi connectivity index (χ0n) is 8.50. The Morgan fingerprint density at radius 1 is 1.44 bits per heavy atom. The van der Waals surface area contributed by atoms with E-state index in [1.54, 1.807) is 6.92 Å². The number of thioether (sulfide) groups is 1. The van der Waals surface area contributed by atoms with Gasteiger partial charge in [0.05, 0.1) is 5.75 Å². The van der Waals surface area contributed by atoms with Crippen LogP contribution in [0.25, 0.3) is 0 Å². The third-order valence-electron chi connectivity index (χ3n) is 1.57. The van der Waals surface area contributed by atoms with E-state index < -0.39 is 40.9 Å². The highest BCUT2D eigenvalue weighted by molar-refractivity contribution is 8.00. The maximum absolute atomic E-state index is 11.7. The van der Waals surface area contributed by atoms with Crippen LogP contribution in [-0.4, -0.2) is 34.3 Å². The van der Waals surface area contributed by atoms with E-state index >= 15 is 0 Å². The summed E-state index contributed by atoms with van der Waals surface area (Å²) in [6, 6.07) is -0.447. The Morgan fingerprint density at radius 2 is 2.00 bits per heavy atom. The van der Waals surface area contributed by atoms with E-state index in [-0.39, 0.29) is 12.8 Å². The molecule has 0 saturated heterocycles. The second-order valence-electron chi connectivity index (χ2n) is 3.14. The second-order valence-corrected chi connectivity index (χ2v) is 4.18. The summed E-state index contributed by atoms with van der Waals surface area (Å²) >= 11 is -0.420. The van der Waals surface area contributed by atoms with Gasteiger partial charge in [-0.2, -0.15) is 13.2 Å². The number of carboxylic acid groups (broad SMARTS) is 1. The molecule has 0 heterocycles. The first-order valence-electron chi connectivity index (χ1n) is 4.42. The minimum absolute atomic E-state index is 0.131. The molecule has 94 valence electrons. The Hall–Kier alpha value is -0.920. The van der Waals surface area contributed by atoms with Crippen LogP contribution in [0, 0.1) is 0 Å². The lowest BCUT2D eigenvalue weighted by Gasteiger charge is -2.12.